The molecule has 2 aromatic rings. The van der Waals surface area contributed by atoms with E-state index in [0.717, 1.165) is 23.9 Å². The van der Waals surface area contributed by atoms with Crippen LogP contribution in [0.15, 0.2) is 29.7 Å². The fourth-order valence-electron chi connectivity index (χ4n) is 1.86. The summed E-state index contributed by atoms with van der Waals surface area (Å²) in [7, 11) is 0. The zero-order valence-electron chi connectivity index (χ0n) is 13.0. The Morgan fingerprint density at radius 2 is 2.12 bits per heavy atom. The van der Waals surface area contributed by atoms with Gasteiger partial charge in [0, 0.05) is 19.2 Å². The van der Waals surface area contributed by atoms with Gasteiger partial charge in [-0.25, -0.2) is 4.98 Å². The molecule has 13 heteroatoms. The molecule has 1 amide bonds. The predicted octanol–water partition coefficient (Wildman–Crippen LogP) is 2.05. The molecule has 0 saturated carbocycles. The minimum Gasteiger partial charge on any atom is -0.378 e. The summed E-state index contributed by atoms with van der Waals surface area (Å²) < 4.78 is 37.9. The third kappa shape index (κ3) is 5.61. The zero-order valence-corrected chi connectivity index (χ0v) is 13.9. The van der Waals surface area contributed by atoms with Gasteiger partial charge in [0.25, 0.3) is 5.69 Å². The number of carbonyl (C=O) groups is 1. The highest BCUT2D eigenvalue weighted by atomic mass is 32.2. The van der Waals surface area contributed by atoms with Crippen LogP contribution >= 0.6 is 11.8 Å². The van der Waals surface area contributed by atoms with Crippen LogP contribution < -0.4 is 10.6 Å². The maximum atomic E-state index is 12.6. The number of aromatic nitrogens is 3. The molecule has 0 spiro atoms. The number of H-pyrrole nitrogens is 1. The summed E-state index contributed by atoms with van der Waals surface area (Å²) in [5, 5.41) is 22.8. The van der Waals surface area contributed by atoms with Gasteiger partial charge in [0.1, 0.15) is 12.0 Å². The number of nitrogens with zero attached hydrogens (tertiary/aromatic N) is 3. The quantitative estimate of drug-likeness (QED) is 0.273. The number of anilines is 1. The molecule has 0 saturated heterocycles. The first-order chi connectivity index (χ1) is 12.3. The Hall–Kier alpha value is -2.83. The second kappa shape index (κ2) is 8.51. The highest BCUT2D eigenvalue weighted by Crippen LogP contribution is 2.34. The van der Waals surface area contributed by atoms with E-state index in [-0.39, 0.29) is 30.4 Å². The fourth-order valence-corrected chi connectivity index (χ4v) is 2.47. The highest BCUT2D eigenvalue weighted by molar-refractivity contribution is 7.99. The fraction of sp³-hybridized carbons (Fsp3) is 0.308. The average Bonchev–Trinajstić information content (AvgIpc) is 3.09. The number of alkyl halides is 3. The first-order valence-corrected chi connectivity index (χ1v) is 8.10. The van der Waals surface area contributed by atoms with Crippen LogP contribution in [0.25, 0.3) is 0 Å². The molecule has 0 aliphatic rings. The molecule has 0 radical (unpaired) electrons. The van der Waals surface area contributed by atoms with Crippen molar-refractivity contribution >= 4 is 29.0 Å². The van der Waals surface area contributed by atoms with Crippen molar-refractivity contribution in [2.75, 3.05) is 24.2 Å². The minimum absolute atomic E-state index is 0.0618. The summed E-state index contributed by atoms with van der Waals surface area (Å²) in [5.74, 6) is -0.203. The lowest BCUT2D eigenvalue weighted by Crippen LogP contribution is -2.30. The van der Waals surface area contributed by atoms with E-state index in [1.807, 2.05) is 0 Å². The predicted molar refractivity (Wildman–Crippen MR) is 86.7 cm³/mol. The molecule has 1 aromatic heterocycles. The van der Waals surface area contributed by atoms with Crippen molar-refractivity contribution in [1.82, 2.24) is 20.5 Å². The number of amides is 1. The number of rotatable bonds is 8. The summed E-state index contributed by atoms with van der Waals surface area (Å²) in [6, 6.07) is 2.21. The Balaban J connectivity index is 1.83. The van der Waals surface area contributed by atoms with Crippen molar-refractivity contribution in [2.45, 2.75) is 11.3 Å². The molecular weight excluding hydrogens is 377 g/mol. The lowest BCUT2D eigenvalue weighted by atomic mass is 10.1. The van der Waals surface area contributed by atoms with Gasteiger partial charge in [-0.15, -0.1) is 0 Å². The smallest absolute Gasteiger partial charge is 0.378 e. The molecule has 0 aliphatic heterocycles. The molecule has 0 atom stereocenters. The van der Waals surface area contributed by atoms with Crippen molar-refractivity contribution in [2.24, 2.45) is 0 Å². The molecule has 26 heavy (non-hydrogen) atoms. The average molecular weight is 390 g/mol. The van der Waals surface area contributed by atoms with E-state index in [9.17, 15) is 28.1 Å². The van der Waals surface area contributed by atoms with Crippen LogP contribution in [0.5, 0.6) is 0 Å². The van der Waals surface area contributed by atoms with E-state index in [4.69, 9.17) is 0 Å². The van der Waals surface area contributed by atoms with Crippen LogP contribution in [0, 0.1) is 10.1 Å². The standard InChI is InChI=1S/C13H13F3N6O3S/c14-13(15,16)8-1-2-9(10(5-8)22(24)25)17-3-4-18-11(23)6-26-12-19-7-20-21-12/h1-2,5,7,17H,3-4,6H2,(H,18,23)(H,19,20,21). The molecule has 1 heterocycles. The molecule has 0 bridgehead atoms. The van der Waals surface area contributed by atoms with Gasteiger partial charge < -0.3 is 10.6 Å². The van der Waals surface area contributed by atoms with E-state index < -0.39 is 22.4 Å². The molecule has 0 unspecified atom stereocenters. The Morgan fingerprint density at radius 1 is 1.35 bits per heavy atom. The highest BCUT2D eigenvalue weighted by Gasteiger charge is 2.32. The first-order valence-electron chi connectivity index (χ1n) is 7.11. The van der Waals surface area contributed by atoms with Gasteiger partial charge in [0.05, 0.1) is 16.2 Å². The molecule has 2 rings (SSSR count). The number of thioether (sulfide) groups is 1. The molecule has 0 fully saturated rings. The van der Waals surface area contributed by atoms with E-state index in [2.05, 4.69) is 25.8 Å². The summed E-state index contributed by atoms with van der Waals surface area (Å²) in [6.07, 6.45) is -3.36. The molecular formula is C13H13F3N6O3S. The summed E-state index contributed by atoms with van der Waals surface area (Å²) in [4.78, 5) is 25.5. The normalized spacial score (nSPS) is 11.2. The lowest BCUT2D eigenvalue weighted by molar-refractivity contribution is -0.384. The number of nitrogens with one attached hydrogen (secondary N) is 3. The Kier molecular flexibility index (Phi) is 6.38. The van der Waals surface area contributed by atoms with Gasteiger partial charge in [-0.05, 0) is 12.1 Å². The second-order valence-electron chi connectivity index (χ2n) is 4.84. The summed E-state index contributed by atoms with van der Waals surface area (Å²) in [5.41, 5.74) is -1.85. The van der Waals surface area contributed by atoms with Crippen LogP contribution in [-0.4, -0.2) is 44.9 Å². The largest absolute Gasteiger partial charge is 0.416 e. The number of carbonyl (C=O) groups excluding carboxylic acids is 1. The van der Waals surface area contributed by atoms with Crippen molar-refractivity contribution < 1.29 is 22.9 Å². The number of halogens is 3. The first kappa shape index (κ1) is 19.5. The van der Waals surface area contributed by atoms with E-state index >= 15 is 0 Å². The number of nitro benzene ring substituents is 1. The third-order valence-electron chi connectivity index (χ3n) is 3.02. The van der Waals surface area contributed by atoms with Crippen LogP contribution in [0.1, 0.15) is 5.56 Å². The minimum atomic E-state index is -4.67. The Labute approximate surface area is 148 Å². The number of hydrogen-bond donors (Lipinski definition) is 3. The topological polar surface area (TPSA) is 126 Å². The van der Waals surface area contributed by atoms with Crippen LogP contribution in [0.4, 0.5) is 24.5 Å². The maximum Gasteiger partial charge on any atom is 0.416 e. The van der Waals surface area contributed by atoms with Gasteiger partial charge in [-0.2, -0.15) is 18.3 Å². The van der Waals surface area contributed by atoms with Crippen LogP contribution in [-0.2, 0) is 11.0 Å². The van der Waals surface area contributed by atoms with Gasteiger partial charge in [0.2, 0.25) is 5.91 Å². The van der Waals surface area contributed by atoms with Gasteiger partial charge in [-0.1, -0.05) is 11.8 Å². The van der Waals surface area contributed by atoms with Gasteiger partial charge in [-0.3, -0.25) is 20.0 Å². The summed E-state index contributed by atoms with van der Waals surface area (Å²) >= 11 is 1.14. The zero-order chi connectivity index (χ0) is 19.2. The van der Waals surface area contributed by atoms with Gasteiger partial charge in [0.15, 0.2) is 5.16 Å². The monoisotopic (exact) mass is 390 g/mol. The van der Waals surface area contributed by atoms with Crippen LogP contribution in [0.3, 0.4) is 0 Å². The number of benzene rings is 1. The van der Waals surface area contributed by atoms with Crippen molar-refractivity contribution in [1.29, 1.82) is 0 Å². The molecule has 3 N–H and O–H groups in total. The van der Waals surface area contributed by atoms with Gasteiger partial charge >= 0.3 is 6.18 Å². The number of hydrogen-bond acceptors (Lipinski definition) is 7. The third-order valence-corrected chi connectivity index (χ3v) is 3.89. The second-order valence-corrected chi connectivity index (χ2v) is 5.81. The Morgan fingerprint density at radius 3 is 2.73 bits per heavy atom. The molecule has 140 valence electrons. The van der Waals surface area contributed by atoms with E-state index in [0.29, 0.717) is 11.2 Å². The molecule has 1 aromatic carbocycles. The SMILES string of the molecule is O=C(CSc1ncn[nH]1)NCCNc1ccc(C(F)(F)F)cc1[N+](=O)[O-]. The molecule has 9 nitrogen and oxygen atoms in total. The molecule has 0 aliphatic carbocycles. The maximum absolute atomic E-state index is 12.6. The Bertz CT molecular complexity index is 769. The summed E-state index contributed by atoms with van der Waals surface area (Å²) in [6.45, 7) is 0.235. The van der Waals surface area contributed by atoms with Crippen molar-refractivity contribution in [3.05, 3.63) is 40.2 Å². The number of aromatic amines is 1. The van der Waals surface area contributed by atoms with Crippen molar-refractivity contribution in [3.63, 3.8) is 0 Å². The van der Waals surface area contributed by atoms with E-state index in [1.165, 1.54) is 6.33 Å². The van der Waals surface area contributed by atoms with Crippen molar-refractivity contribution in [3.8, 4) is 0 Å². The van der Waals surface area contributed by atoms with Crippen LogP contribution in [0.2, 0.25) is 0 Å². The number of nitro groups is 1. The lowest BCUT2D eigenvalue weighted by Gasteiger charge is -2.11. The van der Waals surface area contributed by atoms with E-state index in [1.54, 1.807) is 0 Å².